The second kappa shape index (κ2) is 10.9. The first-order valence-corrected chi connectivity index (χ1v) is 12.2. The van der Waals surface area contributed by atoms with Crippen molar-refractivity contribution in [1.29, 1.82) is 0 Å². The van der Waals surface area contributed by atoms with E-state index in [-0.39, 0.29) is 23.8 Å². The van der Waals surface area contributed by atoms with Crippen LogP contribution in [0.3, 0.4) is 0 Å². The van der Waals surface area contributed by atoms with Gasteiger partial charge in [-0.25, -0.2) is 0 Å². The number of hydrogen-bond acceptors (Lipinski definition) is 6. The van der Waals surface area contributed by atoms with Crippen LogP contribution in [-0.4, -0.2) is 46.0 Å². The van der Waals surface area contributed by atoms with Crippen molar-refractivity contribution < 1.29 is 14.1 Å². The average Bonchev–Trinajstić information content (AvgIpc) is 3.28. The molecule has 0 bridgehead atoms. The normalized spacial score (nSPS) is 16.4. The Morgan fingerprint density at radius 1 is 1.18 bits per heavy atom. The van der Waals surface area contributed by atoms with Crippen LogP contribution in [0.5, 0.6) is 0 Å². The van der Waals surface area contributed by atoms with Crippen molar-refractivity contribution in [3.05, 3.63) is 64.5 Å². The number of nitrogens with zero attached hydrogens (tertiary/aromatic N) is 3. The third-order valence-corrected chi connectivity index (χ3v) is 6.18. The number of likely N-dealkylation sites (tertiary alicyclic amines) is 1. The van der Waals surface area contributed by atoms with Crippen LogP contribution in [0.4, 0.5) is 5.69 Å². The van der Waals surface area contributed by atoms with Crippen LogP contribution in [0.15, 0.2) is 57.5 Å². The Kier molecular flexibility index (Phi) is 7.74. The van der Waals surface area contributed by atoms with E-state index in [1.807, 2.05) is 44.2 Å². The number of amides is 2. The van der Waals surface area contributed by atoms with Gasteiger partial charge >= 0.3 is 0 Å². The van der Waals surface area contributed by atoms with E-state index >= 15 is 0 Å². The molecule has 0 radical (unpaired) electrons. The molecule has 8 nitrogen and oxygen atoms in total. The molecule has 1 aliphatic heterocycles. The summed E-state index contributed by atoms with van der Waals surface area (Å²) in [4.78, 5) is 32.2. The second-order valence-electron chi connectivity index (χ2n) is 8.76. The molecule has 0 saturated carbocycles. The highest BCUT2D eigenvalue weighted by Gasteiger charge is 2.28. The largest absolute Gasteiger partial charge is 0.350 e. The molecule has 2 aromatic carbocycles. The molecule has 1 aliphatic rings. The van der Waals surface area contributed by atoms with E-state index in [2.05, 4.69) is 41.6 Å². The maximum absolute atomic E-state index is 13.1. The van der Waals surface area contributed by atoms with Crippen molar-refractivity contribution in [3.8, 4) is 11.4 Å². The summed E-state index contributed by atoms with van der Waals surface area (Å²) in [7, 11) is 0. The highest BCUT2D eigenvalue weighted by atomic mass is 79.9. The lowest BCUT2D eigenvalue weighted by atomic mass is 9.96. The van der Waals surface area contributed by atoms with Crippen molar-refractivity contribution in [1.82, 2.24) is 20.4 Å². The van der Waals surface area contributed by atoms with E-state index in [0.29, 0.717) is 36.1 Å². The van der Waals surface area contributed by atoms with Crippen LogP contribution in [-0.2, 0) is 11.3 Å². The summed E-state index contributed by atoms with van der Waals surface area (Å²) in [5, 5.41) is 9.94. The number of anilines is 1. The van der Waals surface area contributed by atoms with Gasteiger partial charge < -0.3 is 15.2 Å². The van der Waals surface area contributed by atoms with Crippen LogP contribution in [0.1, 0.15) is 42.9 Å². The number of rotatable bonds is 7. The van der Waals surface area contributed by atoms with Gasteiger partial charge in [-0.3, -0.25) is 14.5 Å². The summed E-state index contributed by atoms with van der Waals surface area (Å²) in [6.45, 7) is 5.73. The van der Waals surface area contributed by atoms with Gasteiger partial charge in [0.2, 0.25) is 17.6 Å². The Bertz CT molecular complexity index is 1150. The summed E-state index contributed by atoms with van der Waals surface area (Å²) < 4.78 is 6.44. The molecule has 1 unspecified atom stereocenters. The smallest absolute Gasteiger partial charge is 0.253 e. The highest BCUT2D eigenvalue weighted by Crippen LogP contribution is 2.23. The molecule has 4 rings (SSSR count). The maximum Gasteiger partial charge on any atom is 0.253 e. The second-order valence-corrected chi connectivity index (χ2v) is 9.67. The Morgan fingerprint density at radius 2 is 1.94 bits per heavy atom. The summed E-state index contributed by atoms with van der Waals surface area (Å²) >= 11 is 3.42. The SMILES string of the molecule is CC(C)NC(=O)c1ccccc1NC(=O)C1CCCN(Cc2nc(-c3ccc(Br)cc3)no2)C1. The first-order chi connectivity index (χ1) is 16.4. The zero-order chi connectivity index (χ0) is 24.1. The lowest BCUT2D eigenvalue weighted by molar-refractivity contribution is -0.121. The van der Waals surface area contributed by atoms with E-state index < -0.39 is 0 Å². The monoisotopic (exact) mass is 525 g/mol. The lowest BCUT2D eigenvalue weighted by Crippen LogP contribution is -2.40. The van der Waals surface area contributed by atoms with E-state index in [0.717, 1.165) is 29.4 Å². The summed E-state index contributed by atoms with van der Waals surface area (Å²) in [5.74, 6) is 0.591. The number of piperidine rings is 1. The fourth-order valence-corrected chi connectivity index (χ4v) is 4.27. The Balaban J connectivity index is 1.38. The molecule has 34 heavy (non-hydrogen) atoms. The van der Waals surface area contributed by atoms with Gasteiger partial charge in [-0.15, -0.1) is 0 Å². The Labute approximate surface area is 207 Å². The number of nitrogens with one attached hydrogen (secondary N) is 2. The van der Waals surface area contributed by atoms with Crippen molar-refractivity contribution >= 4 is 33.4 Å². The zero-order valence-electron chi connectivity index (χ0n) is 19.3. The molecule has 2 heterocycles. The summed E-state index contributed by atoms with van der Waals surface area (Å²) in [6, 6.07) is 14.8. The summed E-state index contributed by atoms with van der Waals surface area (Å²) in [6.07, 6.45) is 1.68. The van der Waals surface area contributed by atoms with Gasteiger partial charge in [0.1, 0.15) is 0 Å². The molecule has 0 aliphatic carbocycles. The molecule has 3 aromatic rings. The number of halogens is 1. The van der Waals surface area contributed by atoms with Gasteiger partial charge in [-0.2, -0.15) is 4.98 Å². The Morgan fingerprint density at radius 3 is 2.71 bits per heavy atom. The van der Waals surface area contributed by atoms with Gasteiger partial charge in [0.15, 0.2) is 0 Å². The number of para-hydroxylation sites is 1. The van der Waals surface area contributed by atoms with E-state index in [1.165, 1.54) is 0 Å². The number of carbonyl (C=O) groups excluding carboxylic acids is 2. The van der Waals surface area contributed by atoms with E-state index in [4.69, 9.17) is 4.52 Å². The highest BCUT2D eigenvalue weighted by molar-refractivity contribution is 9.10. The van der Waals surface area contributed by atoms with Crippen LogP contribution in [0, 0.1) is 5.92 Å². The van der Waals surface area contributed by atoms with Gasteiger partial charge in [-0.05, 0) is 69.6 Å². The summed E-state index contributed by atoms with van der Waals surface area (Å²) in [5.41, 5.74) is 1.87. The number of hydrogen-bond donors (Lipinski definition) is 2. The predicted molar refractivity (Wildman–Crippen MR) is 133 cm³/mol. The van der Waals surface area contributed by atoms with E-state index in [1.54, 1.807) is 18.2 Å². The standard InChI is InChI=1S/C25H28BrN5O3/c1-16(2)27-25(33)20-7-3-4-8-21(20)28-24(32)18-6-5-13-31(14-18)15-22-29-23(30-34-22)17-9-11-19(26)12-10-17/h3-4,7-12,16,18H,5-6,13-15H2,1-2H3,(H,27,33)(H,28,32). The fourth-order valence-electron chi connectivity index (χ4n) is 4.00. The molecule has 1 atom stereocenters. The van der Waals surface area contributed by atoms with Crippen LogP contribution >= 0.6 is 15.9 Å². The average molecular weight is 526 g/mol. The van der Waals surface area contributed by atoms with Crippen molar-refractivity contribution in [2.75, 3.05) is 18.4 Å². The van der Waals surface area contributed by atoms with Gasteiger partial charge in [0.25, 0.3) is 5.91 Å². The van der Waals surface area contributed by atoms with E-state index in [9.17, 15) is 9.59 Å². The van der Waals surface area contributed by atoms with Crippen molar-refractivity contribution in [2.45, 2.75) is 39.3 Å². The molecule has 178 valence electrons. The first-order valence-electron chi connectivity index (χ1n) is 11.4. The zero-order valence-corrected chi connectivity index (χ0v) is 20.8. The Hall–Kier alpha value is -3.04. The van der Waals surface area contributed by atoms with Crippen LogP contribution in [0.25, 0.3) is 11.4 Å². The van der Waals surface area contributed by atoms with Crippen LogP contribution in [0.2, 0.25) is 0 Å². The molecular weight excluding hydrogens is 498 g/mol. The number of benzene rings is 2. The molecule has 1 aromatic heterocycles. The molecule has 9 heteroatoms. The maximum atomic E-state index is 13.1. The van der Waals surface area contributed by atoms with Gasteiger partial charge in [0, 0.05) is 22.6 Å². The molecular formula is C25H28BrN5O3. The minimum atomic E-state index is -0.200. The number of carbonyl (C=O) groups is 2. The molecule has 0 spiro atoms. The minimum absolute atomic E-state index is 0.0112. The third-order valence-electron chi connectivity index (χ3n) is 5.66. The predicted octanol–water partition coefficient (Wildman–Crippen LogP) is 4.49. The third kappa shape index (κ3) is 6.09. The number of aromatic nitrogens is 2. The lowest BCUT2D eigenvalue weighted by Gasteiger charge is -2.31. The molecule has 1 saturated heterocycles. The van der Waals surface area contributed by atoms with Gasteiger partial charge in [-0.1, -0.05) is 33.2 Å². The molecule has 2 N–H and O–H groups in total. The first kappa shape index (κ1) is 24.1. The quantitative estimate of drug-likeness (QED) is 0.471. The van der Waals surface area contributed by atoms with Gasteiger partial charge in [0.05, 0.1) is 23.7 Å². The van der Waals surface area contributed by atoms with Crippen molar-refractivity contribution in [3.63, 3.8) is 0 Å². The fraction of sp³-hybridized carbons (Fsp3) is 0.360. The van der Waals surface area contributed by atoms with Crippen molar-refractivity contribution in [2.24, 2.45) is 5.92 Å². The molecule has 1 fully saturated rings. The minimum Gasteiger partial charge on any atom is -0.350 e. The molecule has 2 amide bonds. The van der Waals surface area contributed by atoms with Crippen LogP contribution < -0.4 is 10.6 Å². The topological polar surface area (TPSA) is 100 Å².